The Morgan fingerprint density at radius 3 is 2.53 bits per heavy atom. The average Bonchev–Trinajstić information content (AvgIpc) is 2.39. The maximum atomic E-state index is 9.65. The van der Waals surface area contributed by atoms with Gasteiger partial charge in [-0.2, -0.15) is 0 Å². The minimum Gasteiger partial charge on any atom is -0.504 e. The first-order chi connectivity index (χ1) is 8.24. The Kier molecular flexibility index (Phi) is 3.14. The standard InChI is InChI=1S/C13H12NO3/c1-16-12-5-3-9(7-11(12)15)10-4-6-13(17-2)14-8-10/h3-4,6-8,15H,1-2H3. The van der Waals surface area contributed by atoms with Crippen molar-refractivity contribution in [2.24, 2.45) is 0 Å². The highest BCUT2D eigenvalue weighted by atomic mass is 16.5. The summed E-state index contributed by atoms with van der Waals surface area (Å²) in [6.45, 7) is 0. The Hall–Kier alpha value is -2.23. The summed E-state index contributed by atoms with van der Waals surface area (Å²) in [4.78, 5) is 4.10. The number of pyridine rings is 1. The Morgan fingerprint density at radius 2 is 2.00 bits per heavy atom. The van der Waals surface area contributed by atoms with Gasteiger partial charge in [-0.05, 0) is 23.8 Å². The number of nitrogens with zero attached hydrogens (tertiary/aromatic N) is 1. The summed E-state index contributed by atoms with van der Waals surface area (Å²) in [5.74, 6) is 0.937. The molecule has 0 atom stereocenters. The molecule has 0 fully saturated rings. The molecule has 2 aromatic rings. The van der Waals surface area contributed by atoms with Crippen LogP contribution in [-0.2, 0) is 0 Å². The van der Waals surface area contributed by atoms with Crippen LogP contribution in [0.25, 0.3) is 11.1 Å². The second-order valence-corrected chi connectivity index (χ2v) is 3.40. The Morgan fingerprint density at radius 1 is 1.18 bits per heavy atom. The summed E-state index contributed by atoms with van der Waals surface area (Å²) >= 11 is 0. The van der Waals surface area contributed by atoms with Gasteiger partial charge in [0.1, 0.15) is 0 Å². The van der Waals surface area contributed by atoms with Crippen LogP contribution in [0.4, 0.5) is 0 Å². The van der Waals surface area contributed by atoms with Gasteiger partial charge in [-0.15, -0.1) is 0 Å². The molecule has 1 aromatic heterocycles. The minimum absolute atomic E-state index is 0.0563. The second kappa shape index (κ2) is 4.74. The lowest BCUT2D eigenvalue weighted by molar-refractivity contribution is 0.373. The van der Waals surface area contributed by atoms with E-state index in [1.165, 1.54) is 7.11 Å². The number of phenols is 1. The van der Waals surface area contributed by atoms with Gasteiger partial charge in [-0.3, -0.25) is 0 Å². The molecule has 0 saturated carbocycles. The van der Waals surface area contributed by atoms with Gasteiger partial charge in [0.25, 0.3) is 0 Å². The fourth-order valence-corrected chi connectivity index (χ4v) is 1.47. The number of benzene rings is 1. The lowest BCUT2D eigenvalue weighted by atomic mass is 10.1. The molecule has 0 bridgehead atoms. The van der Waals surface area contributed by atoms with Gasteiger partial charge in [0.05, 0.1) is 14.2 Å². The molecule has 1 aromatic carbocycles. The van der Waals surface area contributed by atoms with Crippen LogP contribution in [0, 0.1) is 6.07 Å². The Balaban J connectivity index is 2.35. The molecule has 0 aliphatic heterocycles. The van der Waals surface area contributed by atoms with Gasteiger partial charge >= 0.3 is 0 Å². The summed E-state index contributed by atoms with van der Waals surface area (Å²) in [5.41, 5.74) is 1.69. The van der Waals surface area contributed by atoms with Crippen LogP contribution >= 0.6 is 0 Å². The maximum absolute atomic E-state index is 9.65. The SMILES string of the molecule is COc1ccc(-c2c[c]c(OC)c(O)c2)cn1. The quantitative estimate of drug-likeness (QED) is 0.878. The predicted molar refractivity (Wildman–Crippen MR) is 63.3 cm³/mol. The normalized spacial score (nSPS) is 10.0. The number of hydrogen-bond donors (Lipinski definition) is 1. The molecule has 0 spiro atoms. The van der Waals surface area contributed by atoms with Crippen molar-refractivity contribution in [2.75, 3.05) is 14.2 Å². The monoisotopic (exact) mass is 230 g/mol. The zero-order valence-corrected chi connectivity index (χ0v) is 9.60. The lowest BCUT2D eigenvalue weighted by Gasteiger charge is -2.06. The van der Waals surface area contributed by atoms with Crippen LogP contribution < -0.4 is 9.47 Å². The van der Waals surface area contributed by atoms with E-state index in [1.807, 2.05) is 6.07 Å². The second-order valence-electron chi connectivity index (χ2n) is 3.40. The summed E-state index contributed by atoms with van der Waals surface area (Å²) in [6, 6.07) is 9.82. The van der Waals surface area contributed by atoms with Crippen LogP contribution in [0.1, 0.15) is 0 Å². The van der Waals surface area contributed by atoms with E-state index in [-0.39, 0.29) is 5.75 Å². The van der Waals surface area contributed by atoms with Gasteiger partial charge < -0.3 is 14.6 Å². The number of hydrogen-bond acceptors (Lipinski definition) is 4. The molecule has 1 radical (unpaired) electrons. The third-order valence-corrected chi connectivity index (χ3v) is 2.37. The number of ether oxygens (including phenoxy) is 2. The molecule has 2 rings (SSSR count). The first-order valence-electron chi connectivity index (χ1n) is 5.03. The van der Waals surface area contributed by atoms with E-state index >= 15 is 0 Å². The predicted octanol–water partition coefficient (Wildman–Crippen LogP) is 2.27. The van der Waals surface area contributed by atoms with Crippen molar-refractivity contribution in [3.05, 3.63) is 36.5 Å². The molecule has 1 heterocycles. The van der Waals surface area contributed by atoms with E-state index in [0.717, 1.165) is 11.1 Å². The molecule has 0 aliphatic rings. The highest BCUT2D eigenvalue weighted by Crippen LogP contribution is 2.30. The van der Waals surface area contributed by atoms with Crippen molar-refractivity contribution in [1.29, 1.82) is 0 Å². The molecule has 0 unspecified atom stereocenters. The average molecular weight is 230 g/mol. The molecular weight excluding hydrogens is 218 g/mol. The smallest absolute Gasteiger partial charge is 0.212 e. The molecule has 0 saturated heterocycles. The van der Waals surface area contributed by atoms with E-state index in [9.17, 15) is 5.11 Å². The van der Waals surface area contributed by atoms with Crippen molar-refractivity contribution < 1.29 is 14.6 Å². The molecule has 4 nitrogen and oxygen atoms in total. The Bertz CT molecular complexity index is 509. The third-order valence-electron chi connectivity index (χ3n) is 2.37. The fourth-order valence-electron chi connectivity index (χ4n) is 1.47. The third kappa shape index (κ3) is 2.30. The summed E-state index contributed by atoms with van der Waals surface area (Å²) < 4.78 is 9.91. The zero-order chi connectivity index (χ0) is 12.3. The lowest BCUT2D eigenvalue weighted by Crippen LogP contribution is -1.88. The van der Waals surface area contributed by atoms with Gasteiger partial charge in [0.15, 0.2) is 11.5 Å². The van der Waals surface area contributed by atoms with E-state index in [0.29, 0.717) is 11.6 Å². The number of phenolic OH excluding ortho intramolecular Hbond substituents is 1. The minimum atomic E-state index is 0.0563. The van der Waals surface area contributed by atoms with E-state index < -0.39 is 0 Å². The van der Waals surface area contributed by atoms with Crippen LogP contribution in [0.15, 0.2) is 30.5 Å². The van der Waals surface area contributed by atoms with Crippen LogP contribution in [-0.4, -0.2) is 24.3 Å². The highest BCUT2D eigenvalue weighted by molar-refractivity contribution is 5.66. The van der Waals surface area contributed by atoms with E-state index in [2.05, 4.69) is 11.1 Å². The number of aromatic hydroxyl groups is 1. The first kappa shape index (κ1) is 11.3. The van der Waals surface area contributed by atoms with E-state index in [4.69, 9.17) is 9.47 Å². The van der Waals surface area contributed by atoms with Crippen molar-refractivity contribution in [3.63, 3.8) is 0 Å². The topological polar surface area (TPSA) is 51.6 Å². The van der Waals surface area contributed by atoms with Gasteiger partial charge in [0, 0.05) is 23.9 Å². The molecule has 17 heavy (non-hydrogen) atoms. The molecule has 87 valence electrons. The maximum Gasteiger partial charge on any atom is 0.212 e. The van der Waals surface area contributed by atoms with Crippen molar-refractivity contribution >= 4 is 0 Å². The molecule has 0 amide bonds. The molecule has 1 N–H and O–H groups in total. The zero-order valence-electron chi connectivity index (χ0n) is 9.60. The first-order valence-corrected chi connectivity index (χ1v) is 5.03. The molecule has 0 aliphatic carbocycles. The van der Waals surface area contributed by atoms with Crippen LogP contribution in [0.5, 0.6) is 17.4 Å². The summed E-state index contributed by atoms with van der Waals surface area (Å²) in [5, 5.41) is 9.65. The van der Waals surface area contributed by atoms with Crippen molar-refractivity contribution in [3.8, 4) is 28.5 Å². The summed E-state index contributed by atoms with van der Waals surface area (Å²) in [7, 11) is 3.05. The van der Waals surface area contributed by atoms with Crippen molar-refractivity contribution in [1.82, 2.24) is 4.98 Å². The number of methoxy groups -OCH3 is 2. The van der Waals surface area contributed by atoms with Crippen LogP contribution in [0.3, 0.4) is 0 Å². The number of rotatable bonds is 3. The molecule has 4 heteroatoms. The fraction of sp³-hybridized carbons (Fsp3) is 0.154. The van der Waals surface area contributed by atoms with E-state index in [1.54, 1.807) is 31.5 Å². The largest absolute Gasteiger partial charge is 0.504 e. The highest BCUT2D eigenvalue weighted by Gasteiger charge is 2.05. The summed E-state index contributed by atoms with van der Waals surface area (Å²) in [6.07, 6.45) is 1.67. The van der Waals surface area contributed by atoms with Gasteiger partial charge in [-0.1, -0.05) is 0 Å². The van der Waals surface area contributed by atoms with Crippen molar-refractivity contribution in [2.45, 2.75) is 0 Å². The van der Waals surface area contributed by atoms with Crippen LogP contribution in [0.2, 0.25) is 0 Å². The number of aromatic nitrogens is 1. The molecular formula is C13H12NO3. The Labute approximate surface area is 99.5 Å². The van der Waals surface area contributed by atoms with Gasteiger partial charge in [-0.25, -0.2) is 4.98 Å². The van der Waals surface area contributed by atoms with Gasteiger partial charge in [0.2, 0.25) is 5.88 Å².